The van der Waals surface area contributed by atoms with Crippen LogP contribution in [0.5, 0.6) is 5.75 Å². The van der Waals surface area contributed by atoms with Gasteiger partial charge in [0, 0.05) is 0 Å². The second-order valence-corrected chi connectivity index (χ2v) is 5.52. The molecule has 5 heteroatoms. The smallest absolute Gasteiger partial charge is 0.223 e. The third-order valence-corrected chi connectivity index (χ3v) is 4.06. The van der Waals surface area contributed by atoms with Crippen LogP contribution in [0.25, 0.3) is 17.0 Å². The van der Waals surface area contributed by atoms with E-state index in [-0.39, 0.29) is 23.0 Å². The molecule has 0 amide bonds. The largest absolute Gasteiger partial charge is 0.507 e. The van der Waals surface area contributed by atoms with Crippen molar-refractivity contribution in [1.29, 1.82) is 0 Å². The number of anilines is 1. The number of fused-ring (bicyclic) bond motifs is 1. The van der Waals surface area contributed by atoms with E-state index >= 15 is 0 Å². The summed E-state index contributed by atoms with van der Waals surface area (Å²) in [5.74, 6) is -0.226. The Hall–Kier alpha value is -2.53. The first-order chi connectivity index (χ1) is 10.6. The summed E-state index contributed by atoms with van der Waals surface area (Å²) in [5.41, 5.74) is 7.55. The molecule has 0 saturated carbocycles. The van der Waals surface area contributed by atoms with Gasteiger partial charge in [-0.15, -0.1) is 0 Å². The lowest BCUT2D eigenvalue weighted by molar-refractivity contribution is 0.102. The minimum atomic E-state index is -0.330. The van der Waals surface area contributed by atoms with E-state index in [0.717, 1.165) is 5.56 Å². The average molecular weight is 358 g/mol. The molecule has 3 aromatic rings. The van der Waals surface area contributed by atoms with Crippen LogP contribution in [0.1, 0.15) is 16.1 Å². The lowest BCUT2D eigenvalue weighted by Crippen LogP contribution is -1.97. The summed E-state index contributed by atoms with van der Waals surface area (Å²) in [5, 5.41) is 10.2. The van der Waals surface area contributed by atoms with Gasteiger partial charge in [0.05, 0.1) is 15.5 Å². The number of phenolic OH excluding ortho intramolecular Hbond substituents is 1. The van der Waals surface area contributed by atoms with Gasteiger partial charge in [0.1, 0.15) is 11.3 Å². The number of nitrogens with two attached hydrogens (primary N) is 1. The van der Waals surface area contributed by atoms with E-state index in [0.29, 0.717) is 15.4 Å². The number of hydrogen-bond donors (Lipinski definition) is 2. The van der Waals surface area contributed by atoms with Crippen LogP contribution in [0, 0.1) is 0 Å². The standard InChI is InChI=1S/C17H12BrNO3/c18-15-11(20)8-9-13-14(15)16(19)17(22-13)12(21)7-6-10-4-2-1-3-5-10/h1-9,20H,19H2/b7-6+. The highest BCUT2D eigenvalue weighted by atomic mass is 79.9. The molecular formula is C17H12BrNO3. The summed E-state index contributed by atoms with van der Waals surface area (Å²) in [6.45, 7) is 0. The summed E-state index contributed by atoms with van der Waals surface area (Å²) in [6, 6.07) is 12.5. The third kappa shape index (κ3) is 2.51. The molecule has 1 heterocycles. The highest BCUT2D eigenvalue weighted by Crippen LogP contribution is 2.39. The molecule has 0 spiro atoms. The van der Waals surface area contributed by atoms with Gasteiger partial charge in [0.25, 0.3) is 0 Å². The van der Waals surface area contributed by atoms with Gasteiger partial charge in [-0.05, 0) is 39.7 Å². The molecule has 0 atom stereocenters. The zero-order chi connectivity index (χ0) is 15.7. The van der Waals surface area contributed by atoms with Crippen molar-refractivity contribution in [2.24, 2.45) is 0 Å². The van der Waals surface area contributed by atoms with Crippen molar-refractivity contribution < 1.29 is 14.3 Å². The maximum atomic E-state index is 12.3. The number of hydrogen-bond acceptors (Lipinski definition) is 4. The Kier molecular flexibility index (Phi) is 3.73. The van der Waals surface area contributed by atoms with Crippen LogP contribution < -0.4 is 5.73 Å². The van der Waals surface area contributed by atoms with Gasteiger partial charge in [-0.2, -0.15) is 0 Å². The monoisotopic (exact) mass is 357 g/mol. The average Bonchev–Trinajstić information content (AvgIpc) is 2.87. The summed E-state index contributed by atoms with van der Waals surface area (Å²) < 4.78 is 5.93. The molecule has 22 heavy (non-hydrogen) atoms. The number of phenols is 1. The number of halogens is 1. The van der Waals surface area contributed by atoms with Crippen molar-refractivity contribution in [3.05, 3.63) is 64.3 Å². The zero-order valence-corrected chi connectivity index (χ0v) is 13.0. The first-order valence-corrected chi connectivity index (χ1v) is 7.34. The Morgan fingerprint density at radius 3 is 2.64 bits per heavy atom. The highest BCUT2D eigenvalue weighted by Gasteiger charge is 2.19. The maximum Gasteiger partial charge on any atom is 0.223 e. The summed E-state index contributed by atoms with van der Waals surface area (Å²) in [4.78, 5) is 12.3. The van der Waals surface area contributed by atoms with Gasteiger partial charge < -0.3 is 15.3 Å². The molecule has 3 N–H and O–H groups in total. The van der Waals surface area contributed by atoms with Crippen LogP contribution in [0.3, 0.4) is 0 Å². The Balaban J connectivity index is 2.00. The number of ketones is 1. The number of carbonyl (C=O) groups excluding carboxylic acids is 1. The van der Waals surface area contributed by atoms with Crippen molar-refractivity contribution >= 4 is 44.4 Å². The van der Waals surface area contributed by atoms with Crippen LogP contribution >= 0.6 is 15.9 Å². The van der Waals surface area contributed by atoms with E-state index in [2.05, 4.69) is 15.9 Å². The summed E-state index contributed by atoms with van der Waals surface area (Å²) >= 11 is 3.25. The van der Waals surface area contributed by atoms with Crippen molar-refractivity contribution in [2.45, 2.75) is 0 Å². The molecule has 0 aliphatic rings. The molecule has 4 nitrogen and oxygen atoms in total. The second-order valence-electron chi connectivity index (χ2n) is 4.72. The molecule has 1 aromatic heterocycles. The van der Waals surface area contributed by atoms with Crippen LogP contribution in [-0.4, -0.2) is 10.9 Å². The fourth-order valence-electron chi connectivity index (χ4n) is 2.16. The molecule has 0 bridgehead atoms. The molecule has 0 saturated heterocycles. The Bertz CT molecular complexity index is 882. The number of furan rings is 1. The van der Waals surface area contributed by atoms with Crippen molar-refractivity contribution in [2.75, 3.05) is 5.73 Å². The molecule has 0 unspecified atom stereocenters. The third-order valence-electron chi connectivity index (χ3n) is 3.26. The van der Waals surface area contributed by atoms with Crippen LogP contribution in [0.4, 0.5) is 5.69 Å². The molecule has 0 aliphatic carbocycles. The SMILES string of the molecule is Nc1c(C(=O)/C=C/c2ccccc2)oc2ccc(O)c(Br)c12. The second kappa shape index (κ2) is 5.69. The lowest BCUT2D eigenvalue weighted by Gasteiger charge is -1.97. The maximum absolute atomic E-state index is 12.3. The highest BCUT2D eigenvalue weighted by molar-refractivity contribution is 9.10. The van der Waals surface area contributed by atoms with Crippen molar-refractivity contribution in [1.82, 2.24) is 0 Å². The van der Waals surface area contributed by atoms with Crippen molar-refractivity contribution in [3.8, 4) is 5.75 Å². The van der Waals surface area contributed by atoms with Crippen LogP contribution in [0.15, 0.2) is 57.4 Å². The van der Waals surface area contributed by atoms with E-state index in [1.54, 1.807) is 12.1 Å². The normalized spacial score (nSPS) is 11.3. The molecule has 0 radical (unpaired) electrons. The molecule has 0 fully saturated rings. The minimum absolute atomic E-state index is 0.0406. The number of rotatable bonds is 3. The van der Waals surface area contributed by atoms with E-state index in [4.69, 9.17) is 10.2 Å². The molecule has 2 aromatic carbocycles. The number of nitrogen functional groups attached to an aromatic ring is 1. The number of aromatic hydroxyl groups is 1. The van der Waals surface area contributed by atoms with Gasteiger partial charge in [0.2, 0.25) is 5.78 Å². The summed E-state index contributed by atoms with van der Waals surface area (Å²) in [6.07, 6.45) is 3.11. The fourth-order valence-corrected chi connectivity index (χ4v) is 2.70. The van der Waals surface area contributed by atoms with Gasteiger partial charge in [-0.3, -0.25) is 4.79 Å². The van der Waals surface area contributed by atoms with Crippen LogP contribution in [0.2, 0.25) is 0 Å². The molecule has 3 rings (SSSR count). The summed E-state index contributed by atoms with van der Waals surface area (Å²) in [7, 11) is 0. The molecule has 0 aliphatic heterocycles. The van der Waals surface area contributed by atoms with E-state index in [1.165, 1.54) is 12.1 Å². The van der Waals surface area contributed by atoms with E-state index in [9.17, 15) is 9.90 Å². The van der Waals surface area contributed by atoms with Gasteiger partial charge in [-0.1, -0.05) is 36.4 Å². The Labute approximate surface area is 135 Å². The molecular weight excluding hydrogens is 346 g/mol. The quantitative estimate of drug-likeness (QED) is 0.538. The van der Waals surface area contributed by atoms with Gasteiger partial charge in [0.15, 0.2) is 5.76 Å². The van der Waals surface area contributed by atoms with E-state index < -0.39 is 0 Å². The Morgan fingerprint density at radius 2 is 1.91 bits per heavy atom. The minimum Gasteiger partial charge on any atom is -0.507 e. The predicted octanol–water partition coefficient (Wildman–Crippen LogP) is 4.38. The number of allylic oxidation sites excluding steroid dienone is 1. The first kappa shape index (κ1) is 14.4. The fraction of sp³-hybridized carbons (Fsp3) is 0. The number of benzene rings is 2. The van der Waals surface area contributed by atoms with E-state index in [1.807, 2.05) is 30.3 Å². The lowest BCUT2D eigenvalue weighted by atomic mass is 10.1. The molecule has 110 valence electrons. The topological polar surface area (TPSA) is 76.5 Å². The van der Waals surface area contributed by atoms with Crippen LogP contribution in [-0.2, 0) is 0 Å². The Morgan fingerprint density at radius 1 is 1.18 bits per heavy atom. The predicted molar refractivity (Wildman–Crippen MR) is 89.8 cm³/mol. The van der Waals surface area contributed by atoms with Crippen molar-refractivity contribution in [3.63, 3.8) is 0 Å². The number of carbonyl (C=O) groups is 1. The first-order valence-electron chi connectivity index (χ1n) is 6.55. The zero-order valence-electron chi connectivity index (χ0n) is 11.4. The van der Waals surface area contributed by atoms with Gasteiger partial charge in [-0.25, -0.2) is 0 Å². The van der Waals surface area contributed by atoms with Gasteiger partial charge >= 0.3 is 0 Å².